The number of fused-ring (bicyclic) bond motifs is 3. The molecule has 4 rings (SSSR count). The standard InChI is InChI=1S/C22H23NO6/c1-22(2)28-12-18(29-22)19(20(24)25)23-21(26)27-11-17-15-9-5-3-7-13(15)14-8-4-6-10-16(14)17/h3-10,17-19H,11-12H2,1-2H3,(H,23,26)(H,24,25)/t18-,19?/m1/s1. The van der Waals surface area contributed by atoms with E-state index in [1.807, 2.05) is 48.5 Å². The summed E-state index contributed by atoms with van der Waals surface area (Å²) in [4.78, 5) is 24.0. The summed E-state index contributed by atoms with van der Waals surface area (Å²) in [7, 11) is 0. The molecule has 1 aliphatic heterocycles. The molecular formula is C22H23NO6. The molecule has 0 bridgehead atoms. The molecular weight excluding hydrogens is 374 g/mol. The lowest BCUT2D eigenvalue weighted by Crippen LogP contribution is -2.50. The number of carboxylic acid groups (broad SMARTS) is 1. The first-order valence-electron chi connectivity index (χ1n) is 9.52. The summed E-state index contributed by atoms with van der Waals surface area (Å²) in [6.45, 7) is 3.58. The highest BCUT2D eigenvalue weighted by Gasteiger charge is 2.41. The summed E-state index contributed by atoms with van der Waals surface area (Å²) in [6, 6.07) is 14.8. The van der Waals surface area contributed by atoms with E-state index in [-0.39, 0.29) is 19.1 Å². The third-order valence-corrected chi connectivity index (χ3v) is 5.29. The minimum atomic E-state index is -1.26. The van der Waals surface area contributed by atoms with E-state index in [1.54, 1.807) is 13.8 Å². The smallest absolute Gasteiger partial charge is 0.407 e. The van der Waals surface area contributed by atoms with Crippen molar-refractivity contribution < 1.29 is 28.9 Å². The van der Waals surface area contributed by atoms with Crippen molar-refractivity contribution in [3.8, 4) is 11.1 Å². The second-order valence-electron chi connectivity index (χ2n) is 7.65. The molecule has 7 heteroatoms. The van der Waals surface area contributed by atoms with Crippen LogP contribution in [0.15, 0.2) is 48.5 Å². The maximum Gasteiger partial charge on any atom is 0.407 e. The average molecular weight is 397 g/mol. The van der Waals surface area contributed by atoms with Gasteiger partial charge in [-0.25, -0.2) is 9.59 Å². The topological polar surface area (TPSA) is 94.1 Å². The minimum absolute atomic E-state index is 0.0770. The monoisotopic (exact) mass is 397 g/mol. The summed E-state index contributed by atoms with van der Waals surface area (Å²) in [6.07, 6.45) is -1.59. The molecule has 2 N–H and O–H groups in total. The number of amides is 1. The highest BCUT2D eigenvalue weighted by Crippen LogP contribution is 2.44. The van der Waals surface area contributed by atoms with Crippen molar-refractivity contribution in [2.75, 3.05) is 13.2 Å². The Bertz CT molecular complexity index is 895. The Morgan fingerprint density at radius 3 is 2.24 bits per heavy atom. The van der Waals surface area contributed by atoms with Crippen LogP contribution in [0.4, 0.5) is 4.79 Å². The van der Waals surface area contributed by atoms with Crippen LogP contribution < -0.4 is 5.32 Å². The van der Waals surface area contributed by atoms with Gasteiger partial charge in [0.05, 0.1) is 6.61 Å². The van der Waals surface area contributed by atoms with Gasteiger partial charge in [0.25, 0.3) is 0 Å². The van der Waals surface area contributed by atoms with Gasteiger partial charge < -0.3 is 24.6 Å². The van der Waals surface area contributed by atoms with Crippen LogP contribution in [0.1, 0.15) is 30.9 Å². The first-order valence-corrected chi connectivity index (χ1v) is 9.52. The Hall–Kier alpha value is -2.90. The van der Waals surface area contributed by atoms with Crippen LogP contribution in [0.2, 0.25) is 0 Å². The molecule has 1 heterocycles. The van der Waals surface area contributed by atoms with E-state index in [9.17, 15) is 14.7 Å². The zero-order valence-electron chi connectivity index (χ0n) is 16.3. The molecule has 1 fully saturated rings. The number of carbonyl (C=O) groups excluding carboxylic acids is 1. The van der Waals surface area contributed by atoms with Crippen molar-refractivity contribution in [3.63, 3.8) is 0 Å². The van der Waals surface area contributed by atoms with Crippen LogP contribution in [-0.2, 0) is 19.0 Å². The zero-order valence-corrected chi connectivity index (χ0v) is 16.3. The maximum absolute atomic E-state index is 12.4. The molecule has 2 atom stereocenters. The number of nitrogens with one attached hydrogen (secondary N) is 1. The van der Waals surface area contributed by atoms with Crippen LogP contribution in [0, 0.1) is 0 Å². The minimum Gasteiger partial charge on any atom is -0.480 e. The lowest BCUT2D eigenvalue weighted by molar-refractivity contribution is -0.154. The summed E-state index contributed by atoms with van der Waals surface area (Å²) in [5.41, 5.74) is 4.43. The highest BCUT2D eigenvalue weighted by molar-refractivity contribution is 5.81. The largest absolute Gasteiger partial charge is 0.480 e. The van der Waals surface area contributed by atoms with E-state index in [0.717, 1.165) is 22.3 Å². The van der Waals surface area contributed by atoms with Crippen molar-refractivity contribution in [1.82, 2.24) is 5.32 Å². The quantitative estimate of drug-likeness (QED) is 0.805. The summed E-state index contributed by atoms with van der Waals surface area (Å²) in [5, 5.41) is 11.9. The number of carbonyl (C=O) groups is 2. The van der Waals surface area contributed by atoms with Crippen molar-refractivity contribution in [1.29, 1.82) is 0 Å². The predicted molar refractivity (Wildman–Crippen MR) is 105 cm³/mol. The average Bonchev–Trinajstić information content (AvgIpc) is 3.21. The molecule has 2 aliphatic rings. The van der Waals surface area contributed by atoms with Crippen molar-refractivity contribution in [3.05, 3.63) is 59.7 Å². The van der Waals surface area contributed by atoms with Gasteiger partial charge in [-0.05, 0) is 36.1 Å². The fourth-order valence-corrected chi connectivity index (χ4v) is 3.96. The molecule has 152 valence electrons. The number of ether oxygens (including phenoxy) is 3. The van der Waals surface area contributed by atoms with Gasteiger partial charge in [0.15, 0.2) is 11.8 Å². The Morgan fingerprint density at radius 1 is 1.14 bits per heavy atom. The van der Waals surface area contributed by atoms with E-state index in [0.29, 0.717) is 0 Å². The van der Waals surface area contributed by atoms with Gasteiger partial charge in [0, 0.05) is 5.92 Å². The van der Waals surface area contributed by atoms with Crippen molar-refractivity contribution in [2.24, 2.45) is 0 Å². The third kappa shape index (κ3) is 3.83. The molecule has 29 heavy (non-hydrogen) atoms. The van der Waals surface area contributed by atoms with Crippen LogP contribution >= 0.6 is 0 Å². The zero-order chi connectivity index (χ0) is 20.6. The van der Waals surface area contributed by atoms with Gasteiger partial charge in [-0.3, -0.25) is 0 Å². The molecule has 1 saturated heterocycles. The fraction of sp³-hybridized carbons (Fsp3) is 0.364. The van der Waals surface area contributed by atoms with Crippen molar-refractivity contribution in [2.45, 2.75) is 37.7 Å². The number of hydrogen-bond donors (Lipinski definition) is 2. The van der Waals surface area contributed by atoms with Gasteiger partial charge in [-0.2, -0.15) is 0 Å². The maximum atomic E-state index is 12.4. The number of carboxylic acids is 1. The third-order valence-electron chi connectivity index (χ3n) is 5.29. The van der Waals surface area contributed by atoms with Crippen molar-refractivity contribution >= 4 is 12.1 Å². The summed E-state index contributed by atoms with van der Waals surface area (Å²) in [5.74, 6) is -2.19. The Balaban J connectivity index is 1.44. The molecule has 2 aromatic carbocycles. The van der Waals surface area contributed by atoms with Gasteiger partial charge >= 0.3 is 12.1 Å². The molecule has 1 aliphatic carbocycles. The second kappa shape index (κ2) is 7.50. The number of rotatable bonds is 5. The predicted octanol–water partition coefficient (Wildman–Crippen LogP) is 3.13. The lowest BCUT2D eigenvalue weighted by Gasteiger charge is -2.22. The SMILES string of the molecule is CC1(C)OC[C@H](C(NC(=O)OCC2c3ccccc3-c3ccccc32)C(=O)O)O1. The highest BCUT2D eigenvalue weighted by atomic mass is 16.7. The Labute approximate surface area is 168 Å². The fourth-order valence-electron chi connectivity index (χ4n) is 3.96. The normalized spacial score (nSPS) is 20.6. The van der Waals surface area contributed by atoms with Crippen LogP contribution in [-0.4, -0.2) is 48.3 Å². The molecule has 0 aromatic heterocycles. The summed E-state index contributed by atoms with van der Waals surface area (Å²) < 4.78 is 16.4. The summed E-state index contributed by atoms with van der Waals surface area (Å²) >= 11 is 0. The molecule has 0 saturated carbocycles. The van der Waals surface area contributed by atoms with E-state index in [1.165, 1.54) is 0 Å². The Kier molecular flexibility index (Phi) is 5.02. The number of benzene rings is 2. The number of alkyl carbamates (subject to hydrolysis) is 1. The van der Waals surface area contributed by atoms with Gasteiger partial charge in [0.2, 0.25) is 0 Å². The van der Waals surface area contributed by atoms with Gasteiger partial charge in [0.1, 0.15) is 12.7 Å². The van der Waals surface area contributed by atoms with E-state index < -0.39 is 30.0 Å². The van der Waals surface area contributed by atoms with Gasteiger partial charge in [-0.15, -0.1) is 0 Å². The molecule has 2 aromatic rings. The lowest BCUT2D eigenvalue weighted by atomic mass is 9.98. The molecule has 1 amide bonds. The Morgan fingerprint density at radius 2 is 1.72 bits per heavy atom. The molecule has 0 radical (unpaired) electrons. The second-order valence-corrected chi connectivity index (χ2v) is 7.65. The molecule has 7 nitrogen and oxygen atoms in total. The number of aliphatic carboxylic acids is 1. The van der Waals surface area contributed by atoms with E-state index >= 15 is 0 Å². The van der Waals surface area contributed by atoms with Gasteiger partial charge in [-0.1, -0.05) is 48.5 Å². The molecule has 0 spiro atoms. The number of hydrogen-bond acceptors (Lipinski definition) is 5. The van der Waals surface area contributed by atoms with E-state index in [4.69, 9.17) is 14.2 Å². The first kappa shape index (κ1) is 19.4. The van der Waals surface area contributed by atoms with Crippen LogP contribution in [0.25, 0.3) is 11.1 Å². The van der Waals surface area contributed by atoms with Crippen LogP contribution in [0.3, 0.4) is 0 Å². The van der Waals surface area contributed by atoms with Crippen LogP contribution in [0.5, 0.6) is 0 Å². The first-order chi connectivity index (χ1) is 13.9. The van der Waals surface area contributed by atoms with E-state index in [2.05, 4.69) is 5.32 Å². The molecule has 1 unspecified atom stereocenters.